The van der Waals surface area contributed by atoms with Crippen LogP contribution in [0.5, 0.6) is 5.75 Å². The van der Waals surface area contributed by atoms with Gasteiger partial charge in [0, 0.05) is 28.8 Å². The fourth-order valence-corrected chi connectivity index (χ4v) is 4.18. The smallest absolute Gasteiger partial charge is 0.226 e. The van der Waals surface area contributed by atoms with Crippen molar-refractivity contribution in [2.75, 3.05) is 11.9 Å². The van der Waals surface area contributed by atoms with E-state index in [1.807, 2.05) is 49.4 Å². The lowest BCUT2D eigenvalue weighted by molar-refractivity contribution is -0.116. The van der Waals surface area contributed by atoms with Crippen LogP contribution in [0, 0.1) is 0 Å². The quantitative estimate of drug-likeness (QED) is 0.422. The molecule has 0 saturated heterocycles. The van der Waals surface area contributed by atoms with Crippen molar-refractivity contribution < 1.29 is 14.3 Å². The first-order valence-electron chi connectivity index (χ1n) is 10.2. The number of hydrogen-bond acceptors (Lipinski definition) is 5. The van der Waals surface area contributed by atoms with E-state index in [1.54, 1.807) is 12.1 Å². The van der Waals surface area contributed by atoms with Gasteiger partial charge in [-0.1, -0.05) is 43.7 Å². The van der Waals surface area contributed by atoms with E-state index in [-0.39, 0.29) is 24.5 Å². The van der Waals surface area contributed by atoms with Crippen LogP contribution in [0.15, 0.2) is 54.6 Å². The number of ketones is 1. The summed E-state index contributed by atoms with van der Waals surface area (Å²) in [7, 11) is 0. The number of nitrogens with one attached hydrogen (secondary N) is 1. The summed E-state index contributed by atoms with van der Waals surface area (Å²) in [5, 5.41) is 3.43. The Labute approximate surface area is 181 Å². The van der Waals surface area contributed by atoms with Crippen LogP contribution in [0.25, 0.3) is 11.3 Å². The highest BCUT2D eigenvalue weighted by Crippen LogP contribution is 2.33. The first-order valence-corrected chi connectivity index (χ1v) is 11.0. The van der Waals surface area contributed by atoms with E-state index in [4.69, 9.17) is 4.74 Å². The summed E-state index contributed by atoms with van der Waals surface area (Å²) in [5.74, 6) is 0.589. The SMILES string of the molecule is CCCc1sc(NC(=O)CCC(=O)c2ccccc2)nc1-c1ccc(OCC)cc1. The van der Waals surface area contributed by atoms with Gasteiger partial charge in [0.2, 0.25) is 5.91 Å². The van der Waals surface area contributed by atoms with Crippen molar-refractivity contribution in [1.82, 2.24) is 4.98 Å². The molecule has 0 spiro atoms. The van der Waals surface area contributed by atoms with Gasteiger partial charge in [-0.15, -0.1) is 11.3 Å². The highest BCUT2D eigenvalue weighted by molar-refractivity contribution is 7.16. The van der Waals surface area contributed by atoms with Gasteiger partial charge in [-0.25, -0.2) is 4.98 Å². The van der Waals surface area contributed by atoms with E-state index in [1.165, 1.54) is 11.3 Å². The van der Waals surface area contributed by atoms with Crippen LogP contribution in [-0.4, -0.2) is 23.3 Å². The fraction of sp³-hybridized carbons (Fsp3) is 0.292. The molecule has 0 atom stereocenters. The second kappa shape index (κ2) is 10.7. The van der Waals surface area contributed by atoms with Gasteiger partial charge in [0.25, 0.3) is 0 Å². The van der Waals surface area contributed by atoms with Crippen LogP contribution < -0.4 is 10.1 Å². The van der Waals surface area contributed by atoms with Gasteiger partial charge in [0.15, 0.2) is 10.9 Å². The molecule has 0 bridgehead atoms. The van der Waals surface area contributed by atoms with Crippen molar-refractivity contribution in [2.24, 2.45) is 0 Å². The van der Waals surface area contributed by atoms with Crippen LogP contribution in [-0.2, 0) is 11.2 Å². The lowest BCUT2D eigenvalue weighted by atomic mass is 10.1. The van der Waals surface area contributed by atoms with Crippen LogP contribution in [0.4, 0.5) is 5.13 Å². The number of hydrogen-bond donors (Lipinski definition) is 1. The zero-order valence-corrected chi connectivity index (χ0v) is 18.1. The molecule has 0 fully saturated rings. The normalized spacial score (nSPS) is 10.6. The standard InChI is InChI=1S/C24H26N2O3S/c1-3-8-21-23(18-11-13-19(14-12-18)29-4-2)26-24(30-21)25-22(28)16-15-20(27)17-9-6-5-7-10-17/h5-7,9-14H,3-4,8,15-16H2,1-2H3,(H,25,26,28). The van der Waals surface area contributed by atoms with E-state index >= 15 is 0 Å². The average Bonchev–Trinajstić information content (AvgIpc) is 3.16. The molecule has 0 aliphatic rings. The van der Waals surface area contributed by atoms with Crippen molar-refractivity contribution in [1.29, 1.82) is 0 Å². The van der Waals surface area contributed by atoms with Crippen molar-refractivity contribution in [2.45, 2.75) is 39.5 Å². The monoisotopic (exact) mass is 422 g/mol. The largest absolute Gasteiger partial charge is 0.494 e. The molecule has 1 amide bonds. The van der Waals surface area contributed by atoms with Gasteiger partial charge in [0.05, 0.1) is 12.3 Å². The third-order valence-electron chi connectivity index (χ3n) is 4.53. The Morgan fingerprint density at radius 2 is 1.73 bits per heavy atom. The number of carbonyl (C=O) groups is 2. The lowest BCUT2D eigenvalue weighted by Gasteiger charge is -2.05. The minimum absolute atomic E-state index is 0.0355. The Hall–Kier alpha value is -2.99. The third kappa shape index (κ3) is 5.76. The highest BCUT2D eigenvalue weighted by atomic mass is 32.1. The minimum atomic E-state index is -0.200. The molecular weight excluding hydrogens is 396 g/mol. The predicted molar refractivity (Wildman–Crippen MR) is 121 cm³/mol. The Morgan fingerprint density at radius 3 is 2.40 bits per heavy atom. The Balaban J connectivity index is 1.66. The molecule has 0 radical (unpaired) electrons. The molecular formula is C24H26N2O3S. The number of aryl methyl sites for hydroxylation is 1. The maximum absolute atomic E-state index is 12.4. The fourth-order valence-electron chi connectivity index (χ4n) is 3.08. The first-order chi connectivity index (χ1) is 14.6. The summed E-state index contributed by atoms with van der Waals surface area (Å²) >= 11 is 1.49. The van der Waals surface area contributed by atoms with Gasteiger partial charge < -0.3 is 10.1 Å². The molecule has 6 heteroatoms. The molecule has 0 aliphatic heterocycles. The summed E-state index contributed by atoms with van der Waals surface area (Å²) in [6, 6.07) is 16.9. The molecule has 156 valence electrons. The maximum atomic E-state index is 12.4. The Bertz CT molecular complexity index is 981. The van der Waals surface area contributed by atoms with E-state index in [0.717, 1.165) is 34.7 Å². The summed E-state index contributed by atoms with van der Waals surface area (Å²) in [4.78, 5) is 30.4. The summed E-state index contributed by atoms with van der Waals surface area (Å²) < 4.78 is 5.51. The Kier molecular flexibility index (Phi) is 7.74. The predicted octanol–water partition coefficient (Wildman–Crippen LogP) is 5.76. The molecule has 1 N–H and O–H groups in total. The molecule has 0 unspecified atom stereocenters. The van der Waals surface area contributed by atoms with E-state index in [2.05, 4.69) is 17.2 Å². The van der Waals surface area contributed by atoms with E-state index < -0.39 is 0 Å². The zero-order chi connectivity index (χ0) is 21.3. The number of ether oxygens (including phenoxy) is 1. The topological polar surface area (TPSA) is 68.3 Å². The lowest BCUT2D eigenvalue weighted by Crippen LogP contribution is -2.13. The van der Waals surface area contributed by atoms with Crippen molar-refractivity contribution in [3.05, 3.63) is 65.0 Å². The van der Waals surface area contributed by atoms with Crippen LogP contribution in [0.1, 0.15) is 48.3 Å². The van der Waals surface area contributed by atoms with E-state index in [0.29, 0.717) is 17.3 Å². The van der Waals surface area contributed by atoms with Crippen molar-refractivity contribution in [3.63, 3.8) is 0 Å². The summed E-state index contributed by atoms with van der Waals surface area (Å²) in [6.07, 6.45) is 2.19. The second-order valence-corrected chi connectivity index (χ2v) is 7.92. The molecule has 1 aromatic heterocycles. The van der Waals surface area contributed by atoms with Crippen molar-refractivity contribution >= 4 is 28.2 Å². The van der Waals surface area contributed by atoms with Gasteiger partial charge in [0.1, 0.15) is 5.75 Å². The molecule has 30 heavy (non-hydrogen) atoms. The number of benzene rings is 2. The van der Waals surface area contributed by atoms with Gasteiger partial charge in [-0.2, -0.15) is 0 Å². The number of amides is 1. The average molecular weight is 423 g/mol. The number of thiazole rings is 1. The van der Waals surface area contributed by atoms with Crippen LogP contribution in [0.2, 0.25) is 0 Å². The number of rotatable bonds is 10. The molecule has 0 aliphatic carbocycles. The first kappa shape index (κ1) is 21.7. The minimum Gasteiger partial charge on any atom is -0.494 e. The summed E-state index contributed by atoms with van der Waals surface area (Å²) in [6.45, 7) is 4.70. The molecule has 5 nitrogen and oxygen atoms in total. The van der Waals surface area contributed by atoms with Crippen molar-refractivity contribution in [3.8, 4) is 17.0 Å². The number of aromatic nitrogens is 1. The molecule has 3 aromatic rings. The summed E-state index contributed by atoms with van der Waals surface area (Å²) in [5.41, 5.74) is 2.51. The zero-order valence-electron chi connectivity index (χ0n) is 17.3. The third-order valence-corrected chi connectivity index (χ3v) is 5.56. The number of nitrogens with zero attached hydrogens (tertiary/aromatic N) is 1. The highest BCUT2D eigenvalue weighted by Gasteiger charge is 2.15. The number of carbonyl (C=O) groups excluding carboxylic acids is 2. The molecule has 0 saturated carbocycles. The molecule has 2 aromatic carbocycles. The molecule has 3 rings (SSSR count). The van der Waals surface area contributed by atoms with Gasteiger partial charge in [-0.05, 0) is 37.6 Å². The van der Waals surface area contributed by atoms with Crippen LogP contribution in [0.3, 0.4) is 0 Å². The maximum Gasteiger partial charge on any atom is 0.226 e. The molecule has 1 heterocycles. The second-order valence-electron chi connectivity index (χ2n) is 6.84. The van der Waals surface area contributed by atoms with Gasteiger partial charge in [-0.3, -0.25) is 9.59 Å². The van der Waals surface area contributed by atoms with Crippen LogP contribution >= 0.6 is 11.3 Å². The van der Waals surface area contributed by atoms with E-state index in [9.17, 15) is 9.59 Å². The number of anilines is 1. The Morgan fingerprint density at radius 1 is 1.00 bits per heavy atom. The van der Waals surface area contributed by atoms with Gasteiger partial charge >= 0.3 is 0 Å². The number of Topliss-reactive ketones (excluding diaryl/α,β-unsaturated/α-hetero) is 1.